The summed E-state index contributed by atoms with van der Waals surface area (Å²) in [4.78, 5) is 170. The van der Waals surface area contributed by atoms with Gasteiger partial charge in [-0.2, -0.15) is 0 Å². The Kier molecular flexibility index (Phi) is 24.1. The molecule has 30 nitrogen and oxygen atoms in total. The number of carbonyl (C=O) groups excluding carboxylic acids is 9. The predicted molar refractivity (Wildman–Crippen MR) is 268 cm³/mol. The molecule has 30 heteroatoms. The Bertz CT molecular complexity index is 2710. The van der Waals surface area contributed by atoms with Crippen LogP contribution in [0.1, 0.15) is 64.0 Å². The first-order chi connectivity index (χ1) is 36.6. The lowest BCUT2D eigenvalue weighted by Gasteiger charge is -2.27. The third-order valence-corrected chi connectivity index (χ3v) is 11.4. The van der Waals surface area contributed by atoms with Crippen molar-refractivity contribution in [3.63, 3.8) is 0 Å². The van der Waals surface area contributed by atoms with Gasteiger partial charge in [0.15, 0.2) is 0 Å². The van der Waals surface area contributed by atoms with Crippen LogP contribution in [0.4, 0.5) is 0 Å². The van der Waals surface area contributed by atoms with Crippen LogP contribution in [-0.2, 0) is 75.2 Å². The first-order valence-corrected chi connectivity index (χ1v) is 23.9. The van der Waals surface area contributed by atoms with E-state index < -0.39 is 170 Å². The summed E-state index contributed by atoms with van der Waals surface area (Å²) < 4.78 is 0. The second-order valence-electron chi connectivity index (χ2n) is 18.3. The smallest absolute Gasteiger partial charge is 0.326 e. The van der Waals surface area contributed by atoms with Gasteiger partial charge in [0, 0.05) is 29.9 Å². The lowest BCUT2D eigenvalue weighted by atomic mass is 10.0. The van der Waals surface area contributed by atoms with Gasteiger partial charge in [0.2, 0.25) is 53.2 Å². The molecule has 1 heterocycles. The van der Waals surface area contributed by atoms with Gasteiger partial charge in [0.25, 0.3) is 0 Å². The summed E-state index contributed by atoms with van der Waals surface area (Å²) in [6, 6.07) is -3.92. The van der Waals surface area contributed by atoms with E-state index in [1.165, 1.54) is 30.5 Å². The Morgan fingerprint density at radius 1 is 0.513 bits per heavy atom. The van der Waals surface area contributed by atoms with Crippen LogP contribution in [0.15, 0.2) is 54.7 Å². The number of carboxylic acids is 4. The summed E-state index contributed by atoms with van der Waals surface area (Å²) in [5.41, 5.74) is 12.2. The molecule has 1 aromatic heterocycles. The highest BCUT2D eigenvalue weighted by Gasteiger charge is 2.36. The second kappa shape index (κ2) is 29.8. The van der Waals surface area contributed by atoms with E-state index in [0.29, 0.717) is 22.0 Å². The zero-order chi connectivity index (χ0) is 58.6. The van der Waals surface area contributed by atoms with Gasteiger partial charge in [0.05, 0.1) is 38.3 Å². The number of hydrogen-bond acceptors (Lipinski definition) is 16. The molecule has 9 amide bonds. The molecule has 0 aliphatic carbocycles. The SMILES string of the molecule is CC(C)C[C@H](NC(=O)[C@H](C)NC(=O)[C@H](CC(=O)O)NC(=O)[C@H](Cc1c[nH]c2ccccc12)NC(=O)[C@H](CC(N)=O)NC(=O)[C@H](CO)NC(=O)[C@@H](N)CC(=O)O)C(=O)N[C@@H](CC(=O)O)C(=O)N[C@@H](Cc1ccc(O)cc1)C(=O)O. The summed E-state index contributed by atoms with van der Waals surface area (Å²) in [6.07, 6.45) is -3.37. The Labute approximate surface area is 443 Å². The number of phenolic OH excluding ortho intramolecular Hbond substituents is 1. The number of aromatic amines is 1. The first-order valence-electron chi connectivity index (χ1n) is 23.9. The van der Waals surface area contributed by atoms with Crippen molar-refractivity contribution in [2.75, 3.05) is 6.61 Å². The zero-order valence-corrected chi connectivity index (χ0v) is 42.3. The largest absolute Gasteiger partial charge is 0.508 e. The fourth-order valence-electron chi connectivity index (χ4n) is 7.47. The molecule has 0 saturated heterocycles. The van der Waals surface area contributed by atoms with Gasteiger partial charge in [-0.05, 0) is 48.6 Å². The molecule has 78 heavy (non-hydrogen) atoms. The predicted octanol–water partition coefficient (Wildman–Crippen LogP) is -4.69. The normalized spacial score (nSPS) is 14.5. The molecule has 0 aliphatic heterocycles. The number of aromatic nitrogens is 1. The summed E-state index contributed by atoms with van der Waals surface area (Å²) in [5.74, 6) is -17.5. The van der Waals surface area contributed by atoms with Gasteiger partial charge in [-0.15, -0.1) is 0 Å². The molecule has 424 valence electrons. The summed E-state index contributed by atoms with van der Waals surface area (Å²) in [6.45, 7) is 3.27. The average molecular weight is 1100 g/mol. The minimum absolute atomic E-state index is 0.117. The number of primary amides is 1. The van der Waals surface area contributed by atoms with Crippen LogP contribution in [0.2, 0.25) is 0 Å². The van der Waals surface area contributed by atoms with E-state index >= 15 is 0 Å². The maximum Gasteiger partial charge on any atom is 0.326 e. The summed E-state index contributed by atoms with van der Waals surface area (Å²) in [7, 11) is 0. The molecule has 0 aliphatic rings. The van der Waals surface area contributed by atoms with Gasteiger partial charge in [0.1, 0.15) is 54.1 Å². The number of benzene rings is 2. The van der Waals surface area contributed by atoms with Crippen molar-refractivity contribution in [1.82, 2.24) is 47.5 Å². The van der Waals surface area contributed by atoms with Crippen molar-refractivity contribution in [3.8, 4) is 5.75 Å². The number of phenols is 1. The number of aliphatic hydroxyl groups is 1. The number of aromatic hydroxyl groups is 1. The van der Waals surface area contributed by atoms with Gasteiger partial charge in [-0.25, -0.2) is 4.79 Å². The maximum atomic E-state index is 14.2. The first kappa shape index (κ1) is 63.1. The van der Waals surface area contributed by atoms with Crippen molar-refractivity contribution < 1.29 is 93.0 Å². The number of para-hydroxylation sites is 1. The number of fused-ring (bicyclic) bond motifs is 1. The number of carboxylic acid groups (broad SMARTS) is 4. The third kappa shape index (κ3) is 20.5. The van der Waals surface area contributed by atoms with E-state index in [-0.39, 0.29) is 24.5 Å². The highest BCUT2D eigenvalue weighted by Crippen LogP contribution is 2.20. The van der Waals surface area contributed by atoms with Crippen molar-refractivity contribution in [3.05, 3.63) is 65.9 Å². The van der Waals surface area contributed by atoms with Crippen LogP contribution in [0.3, 0.4) is 0 Å². The molecule has 0 fully saturated rings. The van der Waals surface area contributed by atoms with Gasteiger partial charge in [-0.1, -0.05) is 44.2 Å². The minimum atomic E-state index is -2.01. The van der Waals surface area contributed by atoms with Gasteiger partial charge in [-0.3, -0.25) is 57.5 Å². The summed E-state index contributed by atoms with van der Waals surface area (Å²) >= 11 is 0. The maximum absolute atomic E-state index is 14.2. The number of nitrogens with two attached hydrogens (primary N) is 2. The number of aliphatic carboxylic acids is 4. The van der Waals surface area contributed by atoms with Crippen LogP contribution in [0.5, 0.6) is 5.75 Å². The topological polar surface area (TPSA) is 507 Å². The molecule has 9 atom stereocenters. The van der Waals surface area contributed by atoms with E-state index in [2.05, 4.69) is 42.2 Å². The molecule has 2 aromatic carbocycles. The minimum Gasteiger partial charge on any atom is -0.508 e. The van der Waals surface area contributed by atoms with Crippen LogP contribution in [0, 0.1) is 5.92 Å². The molecule has 0 saturated carbocycles. The quantitative estimate of drug-likeness (QED) is 0.0279. The highest BCUT2D eigenvalue weighted by atomic mass is 16.4. The lowest BCUT2D eigenvalue weighted by Crippen LogP contribution is -2.61. The highest BCUT2D eigenvalue weighted by molar-refractivity contribution is 6.00. The molecular weight excluding hydrogens is 1030 g/mol. The number of amides is 9. The number of carbonyl (C=O) groups is 13. The van der Waals surface area contributed by atoms with Crippen LogP contribution < -0.4 is 54.0 Å². The molecule has 19 N–H and O–H groups in total. The van der Waals surface area contributed by atoms with Crippen molar-refractivity contribution in [1.29, 1.82) is 0 Å². The van der Waals surface area contributed by atoms with Crippen LogP contribution in [-0.4, -0.2) is 174 Å². The Balaban J connectivity index is 1.86. The van der Waals surface area contributed by atoms with E-state index in [1.807, 2.05) is 5.32 Å². The van der Waals surface area contributed by atoms with E-state index in [0.717, 1.165) is 6.92 Å². The van der Waals surface area contributed by atoms with Gasteiger partial charge >= 0.3 is 23.9 Å². The Hall–Kier alpha value is -9.19. The Morgan fingerprint density at radius 3 is 1.47 bits per heavy atom. The fraction of sp³-hybridized carbons (Fsp3) is 0.438. The molecule has 0 bridgehead atoms. The second-order valence-corrected chi connectivity index (χ2v) is 18.3. The summed E-state index contributed by atoms with van der Waals surface area (Å²) in [5, 5.41) is 75.8. The monoisotopic (exact) mass is 1100 g/mol. The zero-order valence-electron chi connectivity index (χ0n) is 42.3. The Morgan fingerprint density at radius 2 is 0.962 bits per heavy atom. The van der Waals surface area contributed by atoms with E-state index in [1.54, 1.807) is 38.1 Å². The number of nitrogens with one attached hydrogen (secondary N) is 9. The molecular formula is C48H63N11O19. The lowest BCUT2D eigenvalue weighted by molar-refractivity contribution is -0.144. The van der Waals surface area contributed by atoms with E-state index in [4.69, 9.17) is 16.6 Å². The van der Waals surface area contributed by atoms with Crippen molar-refractivity contribution in [2.24, 2.45) is 17.4 Å². The molecule has 3 aromatic rings. The fourth-order valence-corrected chi connectivity index (χ4v) is 7.47. The number of aliphatic hydroxyl groups excluding tert-OH is 1. The van der Waals surface area contributed by atoms with Crippen molar-refractivity contribution in [2.45, 2.75) is 120 Å². The number of rotatable bonds is 32. The van der Waals surface area contributed by atoms with Crippen LogP contribution in [0.25, 0.3) is 10.9 Å². The number of H-pyrrole nitrogens is 1. The average Bonchev–Trinajstić information content (AvgIpc) is 3.76. The van der Waals surface area contributed by atoms with Crippen LogP contribution >= 0.6 is 0 Å². The molecule has 3 rings (SSSR count). The molecule has 0 unspecified atom stereocenters. The molecule has 0 radical (unpaired) electrons. The molecule has 0 spiro atoms. The standard InChI is InChI=1S/C48H63N11O19/c1-21(2)12-29(43(72)57-33(18-39(67)68)46(75)58-34(48(77)78)13-23-8-10-25(61)11-9-23)53-40(69)22(3)52-42(71)32(17-38(65)66)56-44(73)30(14-24-19-51-28-7-5-4-6-26(24)28)54-45(74)31(16-36(50)62)55-47(76)35(20-60)59-41(70)27(49)15-37(63)64/h4-11,19,21-22,27,29-35,51,60-61H,12-18,20,49H2,1-3H3,(H2,50,62)(H,52,71)(H,53,69)(H,54,74)(H,55,76)(H,56,73)(H,57,72)(H,58,75)(H,59,70)(H,63,64)(H,65,66)(H,67,68)(H,77,78)/t22-,27-,29-,30-,31-,32-,33-,34-,35-/m0/s1. The third-order valence-electron chi connectivity index (χ3n) is 11.4. The van der Waals surface area contributed by atoms with Crippen molar-refractivity contribution >= 4 is 87.9 Å². The van der Waals surface area contributed by atoms with Gasteiger partial charge < -0.3 is 89.6 Å². The van der Waals surface area contributed by atoms with E-state index in [9.17, 15) is 87.9 Å². The number of hydrogen-bond donors (Lipinski definition) is 17.